The van der Waals surface area contributed by atoms with Gasteiger partial charge in [0, 0.05) is 38.0 Å². The average molecular weight is 487 g/mol. The topological polar surface area (TPSA) is 151 Å². The van der Waals surface area contributed by atoms with Crippen molar-refractivity contribution in [2.24, 2.45) is 0 Å². The van der Waals surface area contributed by atoms with Crippen LogP contribution in [0, 0.1) is 0 Å². The first-order valence-corrected chi connectivity index (χ1v) is 11.5. The van der Waals surface area contributed by atoms with E-state index in [1.807, 2.05) is 0 Å². The molecule has 1 fully saturated rings. The van der Waals surface area contributed by atoms with E-state index < -0.39 is 35.3 Å². The van der Waals surface area contributed by atoms with E-state index in [0.717, 1.165) is 4.90 Å². The molecule has 2 aliphatic rings. The molecule has 5 amide bonds. The van der Waals surface area contributed by atoms with E-state index in [1.165, 1.54) is 6.07 Å². The van der Waals surface area contributed by atoms with Gasteiger partial charge in [0.1, 0.15) is 11.6 Å². The van der Waals surface area contributed by atoms with Crippen LogP contribution in [0.1, 0.15) is 73.6 Å². The van der Waals surface area contributed by atoms with Crippen molar-refractivity contribution < 1.29 is 33.5 Å². The van der Waals surface area contributed by atoms with Crippen LogP contribution in [0.2, 0.25) is 0 Å². The first-order chi connectivity index (χ1) is 16.5. The number of piperidine rings is 1. The first-order valence-electron chi connectivity index (χ1n) is 11.5. The number of carbonyl (C=O) groups is 6. The van der Waals surface area contributed by atoms with Crippen LogP contribution in [0.4, 0.5) is 5.69 Å². The van der Waals surface area contributed by atoms with Gasteiger partial charge in [0.15, 0.2) is 0 Å². The molecule has 2 heterocycles. The highest BCUT2D eigenvalue weighted by Gasteiger charge is 2.45. The Morgan fingerprint density at radius 1 is 1.09 bits per heavy atom. The number of amides is 5. The highest BCUT2D eigenvalue weighted by atomic mass is 16.6. The zero-order valence-electron chi connectivity index (χ0n) is 20.1. The van der Waals surface area contributed by atoms with E-state index in [1.54, 1.807) is 32.9 Å². The van der Waals surface area contributed by atoms with Crippen LogP contribution < -0.4 is 16.0 Å². The highest BCUT2D eigenvalue weighted by Crippen LogP contribution is 2.32. The summed E-state index contributed by atoms with van der Waals surface area (Å²) >= 11 is 0. The number of nitrogens with zero attached hydrogens (tertiary/aromatic N) is 1. The Morgan fingerprint density at radius 2 is 1.83 bits per heavy atom. The molecule has 11 nitrogen and oxygen atoms in total. The maximum Gasteiger partial charge on any atom is 0.306 e. The van der Waals surface area contributed by atoms with Crippen molar-refractivity contribution >= 4 is 41.2 Å². The standard InChI is InChI=1S/C24H30N4O7/c1-24(2,3)35-19(31)9-5-8-17(29)26-13-12-25-15-7-4-6-14-20(15)23(34)28(22(14)33)16-10-11-18(30)27-21(16)32/h4,6-7,16,25H,5,8-13H2,1-3H3,(H,26,29)(H,27,30,32). The molecule has 1 unspecified atom stereocenters. The van der Waals surface area contributed by atoms with Gasteiger partial charge in [-0.15, -0.1) is 0 Å². The van der Waals surface area contributed by atoms with Gasteiger partial charge in [-0.2, -0.15) is 0 Å². The first kappa shape index (κ1) is 25.9. The number of benzene rings is 1. The molecule has 1 aromatic carbocycles. The smallest absolute Gasteiger partial charge is 0.306 e. The third kappa shape index (κ3) is 6.43. The number of nitrogens with one attached hydrogen (secondary N) is 3. The van der Waals surface area contributed by atoms with Crippen LogP contribution >= 0.6 is 0 Å². The Bertz CT molecular complexity index is 1060. The van der Waals surface area contributed by atoms with Gasteiger partial charge in [-0.25, -0.2) is 0 Å². The van der Waals surface area contributed by atoms with E-state index in [9.17, 15) is 28.8 Å². The molecule has 0 aliphatic carbocycles. The maximum absolute atomic E-state index is 13.0. The number of hydrogen-bond donors (Lipinski definition) is 3. The normalized spacial score (nSPS) is 17.7. The number of ether oxygens (including phenoxy) is 1. The van der Waals surface area contributed by atoms with Crippen LogP contribution in [0.25, 0.3) is 0 Å². The van der Waals surface area contributed by atoms with E-state index in [0.29, 0.717) is 12.1 Å². The van der Waals surface area contributed by atoms with Crippen molar-refractivity contribution in [2.75, 3.05) is 18.4 Å². The fourth-order valence-electron chi connectivity index (χ4n) is 3.94. The molecule has 0 aromatic heterocycles. The molecule has 188 valence electrons. The minimum Gasteiger partial charge on any atom is -0.460 e. The van der Waals surface area contributed by atoms with Crippen molar-refractivity contribution in [3.63, 3.8) is 0 Å². The summed E-state index contributed by atoms with van der Waals surface area (Å²) in [5.74, 6) is -2.86. The number of anilines is 1. The van der Waals surface area contributed by atoms with Gasteiger partial charge in [-0.1, -0.05) is 6.07 Å². The zero-order valence-corrected chi connectivity index (χ0v) is 20.1. The van der Waals surface area contributed by atoms with Crippen molar-refractivity contribution in [3.05, 3.63) is 29.3 Å². The number of fused-ring (bicyclic) bond motifs is 1. The molecular formula is C24H30N4O7. The molecule has 11 heteroatoms. The van der Waals surface area contributed by atoms with Gasteiger partial charge in [0.25, 0.3) is 11.8 Å². The number of carbonyl (C=O) groups excluding carboxylic acids is 6. The van der Waals surface area contributed by atoms with Crippen LogP contribution in [0.3, 0.4) is 0 Å². The average Bonchev–Trinajstić information content (AvgIpc) is 3.01. The van der Waals surface area contributed by atoms with E-state index >= 15 is 0 Å². The van der Waals surface area contributed by atoms with Crippen LogP contribution in [0.15, 0.2) is 18.2 Å². The lowest BCUT2D eigenvalue weighted by molar-refractivity contribution is -0.155. The Kier molecular flexibility index (Phi) is 7.88. The van der Waals surface area contributed by atoms with Crippen molar-refractivity contribution in [3.8, 4) is 0 Å². The van der Waals surface area contributed by atoms with Crippen LogP contribution in [-0.2, 0) is 23.9 Å². The van der Waals surface area contributed by atoms with Gasteiger partial charge in [0.05, 0.1) is 11.1 Å². The van der Waals surface area contributed by atoms with Crippen LogP contribution in [-0.4, -0.2) is 65.1 Å². The summed E-state index contributed by atoms with van der Waals surface area (Å²) in [5, 5.41) is 7.95. The highest BCUT2D eigenvalue weighted by molar-refractivity contribution is 6.25. The number of rotatable bonds is 9. The third-order valence-electron chi connectivity index (χ3n) is 5.44. The minimum absolute atomic E-state index is 0.0480. The molecule has 0 spiro atoms. The van der Waals surface area contributed by atoms with Crippen molar-refractivity contribution in [2.45, 2.75) is 64.5 Å². The zero-order chi connectivity index (χ0) is 25.8. The lowest BCUT2D eigenvalue weighted by Crippen LogP contribution is -2.54. The Hall–Kier alpha value is -3.76. The largest absolute Gasteiger partial charge is 0.460 e. The third-order valence-corrected chi connectivity index (χ3v) is 5.44. The molecule has 1 aromatic rings. The van der Waals surface area contributed by atoms with E-state index in [-0.39, 0.29) is 61.8 Å². The number of esters is 1. The molecule has 2 aliphatic heterocycles. The molecule has 0 radical (unpaired) electrons. The van der Waals surface area contributed by atoms with Crippen molar-refractivity contribution in [1.29, 1.82) is 0 Å². The molecule has 0 saturated carbocycles. The quantitative estimate of drug-likeness (QED) is 0.267. The summed E-state index contributed by atoms with van der Waals surface area (Å²) in [7, 11) is 0. The van der Waals surface area contributed by atoms with E-state index in [4.69, 9.17) is 4.74 Å². The second kappa shape index (κ2) is 10.7. The van der Waals surface area contributed by atoms with Gasteiger partial charge in [-0.05, 0) is 45.7 Å². The molecule has 3 rings (SSSR count). The predicted molar refractivity (Wildman–Crippen MR) is 124 cm³/mol. The summed E-state index contributed by atoms with van der Waals surface area (Å²) in [5.41, 5.74) is 0.185. The molecule has 3 N–H and O–H groups in total. The summed E-state index contributed by atoms with van der Waals surface area (Å²) in [6, 6.07) is 3.74. The predicted octanol–water partition coefficient (Wildman–Crippen LogP) is 1.13. The lowest BCUT2D eigenvalue weighted by atomic mass is 10.0. The van der Waals surface area contributed by atoms with Gasteiger partial charge in [0.2, 0.25) is 17.7 Å². The number of hydrogen-bond acceptors (Lipinski definition) is 8. The number of imide groups is 2. The summed E-state index contributed by atoms with van der Waals surface area (Å²) in [6.45, 7) is 5.88. The molecule has 1 atom stereocenters. The minimum atomic E-state index is -1.03. The van der Waals surface area contributed by atoms with Gasteiger partial charge in [-0.3, -0.25) is 39.0 Å². The van der Waals surface area contributed by atoms with E-state index in [2.05, 4.69) is 16.0 Å². The maximum atomic E-state index is 13.0. The van der Waals surface area contributed by atoms with Crippen LogP contribution in [0.5, 0.6) is 0 Å². The SMILES string of the molecule is CC(C)(C)OC(=O)CCCC(=O)NCCNc1cccc2c1C(=O)N(C1CCC(=O)NC1=O)C2=O. The Balaban J connectivity index is 1.50. The molecule has 0 bridgehead atoms. The van der Waals surface area contributed by atoms with Gasteiger partial charge >= 0.3 is 5.97 Å². The second-order valence-corrected chi connectivity index (χ2v) is 9.39. The molecule has 35 heavy (non-hydrogen) atoms. The fraction of sp³-hybridized carbons (Fsp3) is 0.500. The fourth-order valence-corrected chi connectivity index (χ4v) is 3.94. The van der Waals surface area contributed by atoms with Gasteiger partial charge < -0.3 is 15.4 Å². The Labute approximate surface area is 202 Å². The summed E-state index contributed by atoms with van der Waals surface area (Å²) in [4.78, 5) is 74.2. The Morgan fingerprint density at radius 3 is 2.51 bits per heavy atom. The lowest BCUT2D eigenvalue weighted by Gasteiger charge is -2.27. The molecular weight excluding hydrogens is 456 g/mol. The second-order valence-electron chi connectivity index (χ2n) is 9.39. The molecule has 1 saturated heterocycles. The summed E-state index contributed by atoms with van der Waals surface area (Å²) in [6.07, 6.45) is 0.825. The monoisotopic (exact) mass is 486 g/mol. The van der Waals surface area contributed by atoms with Crippen molar-refractivity contribution in [1.82, 2.24) is 15.5 Å². The summed E-state index contributed by atoms with van der Waals surface area (Å²) < 4.78 is 5.20.